The average Bonchev–Trinajstić information content (AvgIpc) is 3.20. The molecule has 0 aliphatic carbocycles. The Hall–Kier alpha value is -2.91. The van der Waals surface area contributed by atoms with Gasteiger partial charge in [-0.25, -0.2) is 4.68 Å². The Morgan fingerprint density at radius 3 is 2.61 bits per heavy atom. The van der Waals surface area contributed by atoms with Crippen LogP contribution in [0.15, 0.2) is 47.6 Å². The quantitative estimate of drug-likeness (QED) is 0.577. The number of halogens is 1. The molecule has 2 atom stereocenters. The number of anilines is 1. The van der Waals surface area contributed by atoms with E-state index in [1.807, 2.05) is 23.7 Å². The number of carbonyl (C=O) groups is 1. The first-order valence-electron chi connectivity index (χ1n) is 9.70. The average molecular weight is 460 g/mol. The fourth-order valence-corrected chi connectivity index (χ4v) is 4.71. The molecule has 0 saturated heterocycles. The van der Waals surface area contributed by atoms with Crippen LogP contribution >= 0.6 is 23.4 Å². The Kier molecular flexibility index (Phi) is 6.24. The van der Waals surface area contributed by atoms with E-state index in [1.54, 1.807) is 44.6 Å². The molecule has 0 saturated carbocycles. The third-order valence-corrected chi connectivity index (χ3v) is 6.48. The maximum absolute atomic E-state index is 13.3. The van der Waals surface area contributed by atoms with Crippen LogP contribution in [0, 0.1) is 0 Å². The number of hydrogen-bond acceptors (Lipinski definition) is 7. The van der Waals surface area contributed by atoms with Crippen LogP contribution in [0.25, 0.3) is 0 Å². The molecule has 0 radical (unpaired) electrons. The van der Waals surface area contributed by atoms with Crippen LogP contribution < -0.4 is 20.2 Å². The van der Waals surface area contributed by atoms with Gasteiger partial charge < -0.3 is 20.2 Å². The van der Waals surface area contributed by atoms with E-state index in [4.69, 9.17) is 21.1 Å². The number of rotatable bonds is 6. The summed E-state index contributed by atoms with van der Waals surface area (Å²) >= 11 is 7.73. The zero-order valence-electron chi connectivity index (χ0n) is 17.3. The molecular formula is C21H22ClN5O3S. The lowest BCUT2D eigenvalue weighted by atomic mass is 10.0. The number of ether oxygens (including phenoxy) is 2. The van der Waals surface area contributed by atoms with Gasteiger partial charge in [-0.05, 0) is 42.0 Å². The monoisotopic (exact) mass is 459 g/mol. The molecule has 10 heteroatoms. The van der Waals surface area contributed by atoms with E-state index < -0.39 is 5.25 Å². The van der Waals surface area contributed by atoms with Crippen molar-refractivity contribution in [1.29, 1.82) is 0 Å². The minimum atomic E-state index is -0.507. The highest BCUT2D eigenvalue weighted by Crippen LogP contribution is 2.39. The fraction of sp³-hybridized carbons (Fsp3) is 0.286. The topological polar surface area (TPSA) is 90.3 Å². The first-order valence-corrected chi connectivity index (χ1v) is 11.0. The molecular weight excluding hydrogens is 438 g/mol. The lowest BCUT2D eigenvalue weighted by molar-refractivity contribution is -0.116. The first kappa shape index (κ1) is 21.3. The zero-order chi connectivity index (χ0) is 22.0. The van der Waals surface area contributed by atoms with Gasteiger partial charge in [-0.15, -0.1) is 10.2 Å². The largest absolute Gasteiger partial charge is 0.497 e. The summed E-state index contributed by atoms with van der Waals surface area (Å²) in [6, 6.07) is 12.3. The Morgan fingerprint density at radius 2 is 1.97 bits per heavy atom. The van der Waals surface area contributed by atoms with E-state index in [9.17, 15) is 4.79 Å². The molecule has 2 aromatic carbocycles. The van der Waals surface area contributed by atoms with Crippen LogP contribution in [0.2, 0.25) is 5.02 Å². The molecule has 2 heterocycles. The Morgan fingerprint density at radius 1 is 1.19 bits per heavy atom. The van der Waals surface area contributed by atoms with Crippen molar-refractivity contribution < 1.29 is 14.3 Å². The molecule has 1 aliphatic heterocycles. The number of hydrogen-bond donors (Lipinski definition) is 2. The van der Waals surface area contributed by atoms with E-state index in [0.29, 0.717) is 28.0 Å². The van der Waals surface area contributed by atoms with E-state index in [0.717, 1.165) is 17.1 Å². The minimum Gasteiger partial charge on any atom is -0.497 e. The van der Waals surface area contributed by atoms with Crippen molar-refractivity contribution in [3.63, 3.8) is 0 Å². The first-order chi connectivity index (χ1) is 15.0. The van der Waals surface area contributed by atoms with Crippen molar-refractivity contribution in [1.82, 2.24) is 14.9 Å². The van der Waals surface area contributed by atoms with Crippen LogP contribution in [-0.4, -0.2) is 40.3 Å². The predicted octanol–water partition coefficient (Wildman–Crippen LogP) is 3.91. The molecule has 0 fully saturated rings. The summed E-state index contributed by atoms with van der Waals surface area (Å²) in [5.41, 5.74) is 4.94. The summed E-state index contributed by atoms with van der Waals surface area (Å²) in [4.78, 5) is 13.3. The Labute approximate surface area is 189 Å². The van der Waals surface area contributed by atoms with E-state index >= 15 is 0 Å². The molecule has 0 unspecified atom stereocenters. The van der Waals surface area contributed by atoms with Crippen LogP contribution in [0.3, 0.4) is 0 Å². The molecule has 162 valence electrons. The number of carbonyl (C=O) groups excluding carboxylic acids is 1. The van der Waals surface area contributed by atoms with Gasteiger partial charge in [0.1, 0.15) is 16.7 Å². The van der Waals surface area contributed by atoms with Crippen molar-refractivity contribution in [2.24, 2.45) is 0 Å². The van der Waals surface area contributed by atoms with Crippen LogP contribution in [0.5, 0.6) is 11.5 Å². The van der Waals surface area contributed by atoms with Gasteiger partial charge in [0, 0.05) is 12.1 Å². The summed E-state index contributed by atoms with van der Waals surface area (Å²) in [6.07, 6.45) is 0.708. The summed E-state index contributed by atoms with van der Waals surface area (Å²) in [5, 5.41) is 12.1. The number of amides is 1. The van der Waals surface area contributed by atoms with Gasteiger partial charge in [0.15, 0.2) is 5.82 Å². The van der Waals surface area contributed by atoms with Crippen molar-refractivity contribution in [3.8, 4) is 11.5 Å². The number of aromatic nitrogens is 3. The molecule has 4 rings (SSSR count). The van der Waals surface area contributed by atoms with E-state index in [1.165, 1.54) is 11.8 Å². The minimum absolute atomic E-state index is 0.160. The predicted molar refractivity (Wildman–Crippen MR) is 121 cm³/mol. The fourth-order valence-electron chi connectivity index (χ4n) is 3.34. The van der Waals surface area contributed by atoms with Crippen molar-refractivity contribution in [2.45, 2.75) is 29.8 Å². The molecule has 31 heavy (non-hydrogen) atoms. The van der Waals surface area contributed by atoms with Gasteiger partial charge in [-0.2, -0.15) is 0 Å². The zero-order valence-corrected chi connectivity index (χ0v) is 18.8. The summed E-state index contributed by atoms with van der Waals surface area (Å²) in [5.74, 6) is 1.93. The maximum atomic E-state index is 13.3. The summed E-state index contributed by atoms with van der Waals surface area (Å²) in [7, 11) is 3.17. The third kappa shape index (κ3) is 4.28. The highest BCUT2D eigenvalue weighted by Gasteiger charge is 2.38. The van der Waals surface area contributed by atoms with Gasteiger partial charge in [-0.3, -0.25) is 4.79 Å². The SMILES string of the molecule is CCc1nnc2n1N[C@@H](c1ccc(OC)c(Cl)c1)[C@H](C(=O)Nc1ccc(OC)cc1)S2. The molecule has 0 spiro atoms. The lowest BCUT2D eigenvalue weighted by Crippen LogP contribution is -2.41. The van der Waals surface area contributed by atoms with Crippen LogP contribution in [0.4, 0.5) is 5.69 Å². The molecule has 8 nitrogen and oxygen atoms in total. The number of aryl methyl sites for hydroxylation is 1. The van der Waals surface area contributed by atoms with Crippen LogP contribution in [0.1, 0.15) is 24.4 Å². The standard InChI is InChI=1S/C21H22ClN5O3S/c1-4-17-24-25-21-27(17)26-18(12-5-10-16(30-3)15(22)11-12)19(31-21)20(28)23-13-6-8-14(29-2)9-7-13/h5-11,18-19,26H,4H2,1-3H3,(H,23,28)/t18-,19+/m0/s1. The van der Waals surface area contributed by atoms with Crippen molar-refractivity contribution in [3.05, 3.63) is 58.9 Å². The molecule has 3 aromatic rings. The van der Waals surface area contributed by atoms with Gasteiger partial charge in [0.25, 0.3) is 0 Å². The smallest absolute Gasteiger partial charge is 0.240 e. The Balaban J connectivity index is 1.66. The molecule has 0 bridgehead atoms. The number of benzene rings is 2. The Bertz CT molecular complexity index is 1090. The summed E-state index contributed by atoms with van der Waals surface area (Å²) in [6.45, 7) is 2.01. The van der Waals surface area contributed by atoms with E-state index in [-0.39, 0.29) is 11.9 Å². The van der Waals surface area contributed by atoms with Crippen LogP contribution in [-0.2, 0) is 11.2 Å². The maximum Gasteiger partial charge on any atom is 0.240 e. The number of methoxy groups -OCH3 is 2. The number of nitrogens with one attached hydrogen (secondary N) is 2. The van der Waals surface area contributed by atoms with Gasteiger partial charge in [-0.1, -0.05) is 36.4 Å². The molecule has 2 N–H and O–H groups in total. The lowest BCUT2D eigenvalue weighted by Gasteiger charge is -2.33. The molecule has 1 aromatic heterocycles. The normalized spacial score (nSPS) is 17.4. The van der Waals surface area contributed by atoms with Crippen molar-refractivity contribution in [2.75, 3.05) is 25.0 Å². The van der Waals surface area contributed by atoms with Gasteiger partial charge in [0.05, 0.1) is 25.3 Å². The second-order valence-corrected chi connectivity index (χ2v) is 8.36. The number of fused-ring (bicyclic) bond motifs is 1. The third-order valence-electron chi connectivity index (χ3n) is 4.97. The molecule has 1 aliphatic rings. The molecule has 1 amide bonds. The second-order valence-electron chi connectivity index (χ2n) is 6.84. The van der Waals surface area contributed by atoms with Crippen molar-refractivity contribution >= 4 is 35.0 Å². The number of thioether (sulfide) groups is 1. The van der Waals surface area contributed by atoms with E-state index in [2.05, 4.69) is 20.9 Å². The summed E-state index contributed by atoms with van der Waals surface area (Å²) < 4.78 is 12.3. The van der Waals surface area contributed by atoms with Gasteiger partial charge >= 0.3 is 0 Å². The van der Waals surface area contributed by atoms with Gasteiger partial charge in [0.2, 0.25) is 11.1 Å². The number of nitrogens with zero attached hydrogens (tertiary/aromatic N) is 3. The highest BCUT2D eigenvalue weighted by atomic mass is 35.5. The highest BCUT2D eigenvalue weighted by molar-refractivity contribution is 8.00. The second kappa shape index (κ2) is 9.07.